The Morgan fingerprint density at radius 2 is 2.33 bits per heavy atom. The third-order valence-corrected chi connectivity index (χ3v) is 0.482. The van der Waals surface area contributed by atoms with E-state index in [1.54, 1.807) is 0 Å². The highest BCUT2D eigenvalue weighted by molar-refractivity contribution is 4.33. The largest absolute Gasteiger partial charge is 0.314 e. The fourth-order valence-corrected chi connectivity index (χ4v) is 0.258. The topological polar surface area (TPSA) is 23.5 Å². The van der Waals surface area contributed by atoms with Gasteiger partial charge in [-0.2, -0.15) is 5.06 Å². The third-order valence-electron chi connectivity index (χ3n) is 0.482. The van der Waals surface area contributed by atoms with Crippen molar-refractivity contribution in [3.05, 3.63) is 7.05 Å². The van der Waals surface area contributed by atoms with Crippen LogP contribution in [0.15, 0.2) is 0 Å². The van der Waals surface area contributed by atoms with Crippen LogP contribution in [0.3, 0.4) is 0 Å². The highest BCUT2D eigenvalue weighted by atomic mass is 16.5. The average Bonchev–Trinajstić information content (AvgIpc) is 1.35. The SMILES string of the molecule is [CH2]N(O)CCC. The molecule has 6 heavy (non-hydrogen) atoms. The molecule has 1 N–H and O–H groups in total. The summed E-state index contributed by atoms with van der Waals surface area (Å²) < 4.78 is 0. The van der Waals surface area contributed by atoms with Gasteiger partial charge in [-0.15, -0.1) is 0 Å². The van der Waals surface area contributed by atoms with Crippen LogP contribution in [0.4, 0.5) is 0 Å². The average molecular weight is 88.1 g/mol. The molecule has 0 fully saturated rings. The van der Waals surface area contributed by atoms with Gasteiger partial charge in [0.05, 0.1) is 0 Å². The lowest BCUT2D eigenvalue weighted by molar-refractivity contribution is -0.0441. The zero-order valence-electron chi connectivity index (χ0n) is 4.02. The monoisotopic (exact) mass is 88.1 g/mol. The van der Waals surface area contributed by atoms with Gasteiger partial charge in [0.2, 0.25) is 0 Å². The van der Waals surface area contributed by atoms with E-state index in [-0.39, 0.29) is 0 Å². The van der Waals surface area contributed by atoms with Crippen LogP contribution in [0.1, 0.15) is 13.3 Å². The van der Waals surface area contributed by atoms with Crippen LogP contribution < -0.4 is 0 Å². The van der Waals surface area contributed by atoms with Gasteiger partial charge in [0, 0.05) is 13.6 Å². The van der Waals surface area contributed by atoms with Crippen molar-refractivity contribution in [1.29, 1.82) is 0 Å². The molecule has 0 aromatic carbocycles. The molecule has 0 spiro atoms. The predicted octanol–water partition coefficient (Wildman–Crippen LogP) is 0.879. The summed E-state index contributed by atoms with van der Waals surface area (Å²) in [5.41, 5.74) is 0. The van der Waals surface area contributed by atoms with Gasteiger partial charge in [-0.3, -0.25) is 0 Å². The minimum Gasteiger partial charge on any atom is -0.314 e. The molecule has 0 aliphatic rings. The van der Waals surface area contributed by atoms with Crippen LogP contribution in [0.2, 0.25) is 0 Å². The lowest BCUT2D eigenvalue weighted by Gasteiger charge is -2.01. The maximum absolute atomic E-state index is 8.27. The van der Waals surface area contributed by atoms with Gasteiger partial charge in [0.15, 0.2) is 0 Å². The minimum atomic E-state index is 0.653. The zero-order valence-corrected chi connectivity index (χ0v) is 4.02. The van der Waals surface area contributed by atoms with Crippen molar-refractivity contribution in [2.75, 3.05) is 6.54 Å². The molecular weight excluding hydrogens is 78.0 g/mol. The Labute approximate surface area is 38.3 Å². The van der Waals surface area contributed by atoms with Gasteiger partial charge >= 0.3 is 0 Å². The predicted molar refractivity (Wildman–Crippen MR) is 24.1 cm³/mol. The maximum Gasteiger partial charge on any atom is 0.0389 e. The number of hydrogen-bond donors (Lipinski definition) is 1. The van der Waals surface area contributed by atoms with Crippen molar-refractivity contribution in [2.45, 2.75) is 13.3 Å². The summed E-state index contributed by atoms with van der Waals surface area (Å²) in [5.74, 6) is 0. The lowest BCUT2D eigenvalue weighted by Crippen LogP contribution is -2.09. The van der Waals surface area contributed by atoms with E-state index in [2.05, 4.69) is 7.05 Å². The van der Waals surface area contributed by atoms with Crippen molar-refractivity contribution in [1.82, 2.24) is 5.06 Å². The lowest BCUT2D eigenvalue weighted by atomic mass is 10.5. The van der Waals surface area contributed by atoms with Crippen LogP contribution in [-0.2, 0) is 0 Å². The Bertz CT molecular complexity index is 28.7. The third kappa shape index (κ3) is 3.92. The molecule has 0 saturated heterocycles. The van der Waals surface area contributed by atoms with Gasteiger partial charge in [0.1, 0.15) is 0 Å². The molecule has 0 amide bonds. The molecule has 0 bridgehead atoms. The fourth-order valence-electron chi connectivity index (χ4n) is 0.258. The molecule has 2 nitrogen and oxygen atoms in total. The van der Waals surface area contributed by atoms with Crippen LogP contribution in [-0.4, -0.2) is 16.8 Å². The molecule has 0 heterocycles. The van der Waals surface area contributed by atoms with E-state index in [1.807, 2.05) is 6.92 Å². The van der Waals surface area contributed by atoms with Gasteiger partial charge in [-0.05, 0) is 6.42 Å². The van der Waals surface area contributed by atoms with Gasteiger partial charge in [-0.25, -0.2) is 0 Å². The smallest absolute Gasteiger partial charge is 0.0389 e. The second-order valence-electron chi connectivity index (χ2n) is 1.23. The molecule has 37 valence electrons. The van der Waals surface area contributed by atoms with E-state index in [1.165, 1.54) is 0 Å². The number of hydrogen-bond acceptors (Lipinski definition) is 2. The molecule has 0 aromatic heterocycles. The summed E-state index contributed by atoms with van der Waals surface area (Å²) >= 11 is 0. The van der Waals surface area contributed by atoms with E-state index < -0.39 is 0 Å². The molecule has 0 aliphatic carbocycles. The van der Waals surface area contributed by atoms with Gasteiger partial charge in [0.25, 0.3) is 0 Å². The Hall–Kier alpha value is -0.0800. The van der Waals surface area contributed by atoms with Gasteiger partial charge in [-0.1, -0.05) is 6.92 Å². The molecule has 1 radical (unpaired) electrons. The minimum absolute atomic E-state index is 0.653. The summed E-state index contributed by atoms with van der Waals surface area (Å²) in [6.07, 6.45) is 0.944. The Kier molecular flexibility index (Phi) is 3.08. The second-order valence-corrected chi connectivity index (χ2v) is 1.23. The first-order chi connectivity index (χ1) is 2.77. The summed E-state index contributed by atoms with van der Waals surface area (Å²) in [7, 11) is 3.22. The van der Waals surface area contributed by atoms with E-state index in [0.717, 1.165) is 11.5 Å². The van der Waals surface area contributed by atoms with Crippen molar-refractivity contribution in [3.8, 4) is 0 Å². The van der Waals surface area contributed by atoms with Gasteiger partial charge < -0.3 is 5.21 Å². The zero-order chi connectivity index (χ0) is 4.99. The van der Waals surface area contributed by atoms with Crippen molar-refractivity contribution in [2.24, 2.45) is 0 Å². The highest BCUT2D eigenvalue weighted by Gasteiger charge is 1.81. The van der Waals surface area contributed by atoms with Crippen LogP contribution in [0.5, 0.6) is 0 Å². The standard InChI is InChI=1S/C4H10NO/c1-3-4-5(2)6/h6H,2-4H2,1H3. The first-order valence-electron chi connectivity index (χ1n) is 2.04. The normalized spacial score (nSPS) is 10.0. The number of rotatable bonds is 2. The summed E-state index contributed by atoms with van der Waals surface area (Å²) in [5, 5.41) is 9.21. The first kappa shape index (κ1) is 5.92. The van der Waals surface area contributed by atoms with Crippen LogP contribution >= 0.6 is 0 Å². The second kappa shape index (κ2) is 3.12. The van der Waals surface area contributed by atoms with Crippen molar-refractivity contribution in [3.63, 3.8) is 0 Å². The molecule has 2 heteroatoms. The van der Waals surface area contributed by atoms with Crippen LogP contribution in [0.25, 0.3) is 0 Å². The van der Waals surface area contributed by atoms with Crippen LogP contribution in [0, 0.1) is 7.05 Å². The van der Waals surface area contributed by atoms with E-state index in [0.29, 0.717) is 6.54 Å². The van der Waals surface area contributed by atoms with Crippen molar-refractivity contribution >= 4 is 0 Å². The van der Waals surface area contributed by atoms with Crippen molar-refractivity contribution < 1.29 is 5.21 Å². The number of hydroxylamine groups is 2. The Morgan fingerprint density at radius 3 is 2.33 bits per heavy atom. The maximum atomic E-state index is 8.27. The Balaban J connectivity index is 2.63. The first-order valence-corrected chi connectivity index (χ1v) is 2.04. The molecule has 0 atom stereocenters. The van der Waals surface area contributed by atoms with E-state index in [9.17, 15) is 0 Å². The quantitative estimate of drug-likeness (QED) is 0.506. The Morgan fingerprint density at radius 1 is 1.83 bits per heavy atom. The number of nitrogens with zero attached hydrogens (tertiary/aromatic N) is 1. The van der Waals surface area contributed by atoms with E-state index in [4.69, 9.17) is 5.21 Å². The summed E-state index contributed by atoms with van der Waals surface area (Å²) in [6.45, 7) is 2.63. The molecule has 0 aliphatic heterocycles. The summed E-state index contributed by atoms with van der Waals surface area (Å²) in [6, 6.07) is 0. The molecule has 0 unspecified atom stereocenters. The molecule has 0 aromatic rings. The van der Waals surface area contributed by atoms with E-state index >= 15 is 0 Å². The summed E-state index contributed by atoms with van der Waals surface area (Å²) in [4.78, 5) is 0. The molecule has 0 saturated carbocycles. The highest BCUT2D eigenvalue weighted by Crippen LogP contribution is 1.77. The molecule has 0 rings (SSSR count). The fraction of sp³-hybridized carbons (Fsp3) is 0.750. The molecular formula is C4H10NO.